The van der Waals surface area contributed by atoms with Crippen LogP contribution < -0.4 is 5.32 Å². The van der Waals surface area contributed by atoms with Crippen LogP contribution in [0.1, 0.15) is 6.92 Å². The first-order chi connectivity index (χ1) is 7.68. The minimum absolute atomic E-state index is 0.182. The molecule has 0 saturated carbocycles. The first-order valence-corrected chi connectivity index (χ1v) is 4.98. The van der Waals surface area contributed by atoms with Gasteiger partial charge in [-0.3, -0.25) is 9.78 Å². The topological polar surface area (TPSA) is 42.0 Å². The second-order valence-electron chi connectivity index (χ2n) is 3.64. The van der Waals surface area contributed by atoms with E-state index in [4.69, 9.17) is 0 Å². The number of carbonyl (C=O) groups excluding carboxylic acids is 1. The Morgan fingerprint density at radius 2 is 2.06 bits per heavy atom. The summed E-state index contributed by atoms with van der Waals surface area (Å²) in [5, 5.41) is 4.76. The van der Waals surface area contributed by atoms with Crippen molar-refractivity contribution in [1.29, 1.82) is 0 Å². The van der Waals surface area contributed by atoms with Crippen LogP contribution in [0.3, 0.4) is 0 Å². The Morgan fingerprint density at radius 1 is 1.31 bits per heavy atom. The van der Waals surface area contributed by atoms with Gasteiger partial charge in [0.25, 0.3) is 5.91 Å². The molecule has 3 heteroatoms. The molecule has 1 aromatic carbocycles. The van der Waals surface area contributed by atoms with Gasteiger partial charge in [0.2, 0.25) is 0 Å². The van der Waals surface area contributed by atoms with Gasteiger partial charge in [-0.2, -0.15) is 0 Å². The molecule has 0 bridgehead atoms. The van der Waals surface area contributed by atoms with Crippen LogP contribution in [-0.2, 0) is 4.79 Å². The van der Waals surface area contributed by atoms with E-state index in [9.17, 15) is 4.79 Å². The number of aromatic nitrogens is 1. The van der Waals surface area contributed by atoms with E-state index in [1.807, 2.05) is 24.3 Å². The first kappa shape index (κ1) is 10.4. The quantitative estimate of drug-likeness (QED) is 0.778. The number of fused-ring (bicyclic) bond motifs is 1. The third-order valence-electron chi connectivity index (χ3n) is 2.30. The minimum Gasteiger partial charge on any atom is -0.320 e. The molecule has 0 atom stereocenters. The molecule has 0 aliphatic rings. The monoisotopic (exact) mass is 212 g/mol. The highest BCUT2D eigenvalue weighted by atomic mass is 16.1. The van der Waals surface area contributed by atoms with Crippen molar-refractivity contribution >= 4 is 22.4 Å². The van der Waals surface area contributed by atoms with Crippen molar-refractivity contribution < 1.29 is 4.79 Å². The van der Waals surface area contributed by atoms with Crippen LogP contribution in [-0.4, -0.2) is 10.9 Å². The average Bonchev–Trinajstić information content (AvgIpc) is 2.29. The summed E-state index contributed by atoms with van der Waals surface area (Å²) in [7, 11) is 0. The van der Waals surface area contributed by atoms with Crippen molar-refractivity contribution in [3.63, 3.8) is 0 Å². The summed E-state index contributed by atoms with van der Waals surface area (Å²) in [6, 6.07) is 7.77. The van der Waals surface area contributed by atoms with Gasteiger partial charge in [-0.05, 0) is 6.92 Å². The van der Waals surface area contributed by atoms with E-state index in [0.29, 0.717) is 11.3 Å². The van der Waals surface area contributed by atoms with Crippen LogP contribution >= 0.6 is 0 Å². The highest BCUT2D eigenvalue weighted by molar-refractivity contribution is 6.07. The van der Waals surface area contributed by atoms with Crippen LogP contribution in [0.25, 0.3) is 10.8 Å². The highest BCUT2D eigenvalue weighted by Crippen LogP contribution is 2.21. The number of hydrogen-bond acceptors (Lipinski definition) is 2. The molecular formula is C13H12N2O. The number of benzene rings is 1. The number of nitrogens with one attached hydrogen (secondary N) is 1. The second-order valence-corrected chi connectivity index (χ2v) is 3.64. The SMILES string of the molecule is C=C(C)C(=O)Nc1cncc2ccccc12. The van der Waals surface area contributed by atoms with E-state index >= 15 is 0 Å². The molecule has 1 amide bonds. The third-order valence-corrected chi connectivity index (χ3v) is 2.30. The zero-order valence-electron chi connectivity index (χ0n) is 9.03. The van der Waals surface area contributed by atoms with Crippen LogP contribution in [0.2, 0.25) is 0 Å². The summed E-state index contributed by atoms with van der Waals surface area (Å²) in [5.74, 6) is -0.182. The lowest BCUT2D eigenvalue weighted by Gasteiger charge is -2.07. The Labute approximate surface area is 93.8 Å². The van der Waals surface area contributed by atoms with E-state index < -0.39 is 0 Å². The maximum Gasteiger partial charge on any atom is 0.250 e. The summed E-state index contributed by atoms with van der Waals surface area (Å²) in [6.07, 6.45) is 3.41. The zero-order valence-corrected chi connectivity index (χ0v) is 9.03. The van der Waals surface area contributed by atoms with Gasteiger partial charge in [-0.25, -0.2) is 0 Å². The maximum atomic E-state index is 11.5. The lowest BCUT2D eigenvalue weighted by Crippen LogP contribution is -2.12. The van der Waals surface area contributed by atoms with Crippen molar-refractivity contribution in [2.24, 2.45) is 0 Å². The predicted octanol–water partition coefficient (Wildman–Crippen LogP) is 2.75. The highest BCUT2D eigenvalue weighted by Gasteiger charge is 2.05. The molecule has 0 spiro atoms. The van der Waals surface area contributed by atoms with Crippen LogP contribution in [0.5, 0.6) is 0 Å². The number of anilines is 1. The average molecular weight is 212 g/mol. The molecule has 0 unspecified atom stereocenters. The fourth-order valence-electron chi connectivity index (χ4n) is 1.45. The van der Waals surface area contributed by atoms with Crippen LogP contribution in [0.15, 0.2) is 48.8 Å². The fraction of sp³-hybridized carbons (Fsp3) is 0.0769. The number of pyridine rings is 1. The molecule has 0 radical (unpaired) electrons. The molecule has 1 heterocycles. The molecule has 2 rings (SSSR count). The van der Waals surface area contributed by atoms with Crippen molar-refractivity contribution in [2.75, 3.05) is 5.32 Å². The molecule has 0 aliphatic carbocycles. The second kappa shape index (κ2) is 4.14. The standard InChI is InChI=1S/C13H12N2O/c1-9(2)13(16)15-12-8-14-7-10-5-3-4-6-11(10)12/h3-8H,1H2,2H3,(H,15,16). The zero-order chi connectivity index (χ0) is 11.5. The smallest absolute Gasteiger partial charge is 0.250 e. The van der Waals surface area contributed by atoms with Gasteiger partial charge in [0.05, 0.1) is 11.9 Å². The summed E-state index contributed by atoms with van der Waals surface area (Å²) in [6.45, 7) is 5.27. The molecule has 80 valence electrons. The van der Waals surface area contributed by atoms with E-state index in [2.05, 4.69) is 16.9 Å². The van der Waals surface area contributed by atoms with Gasteiger partial charge in [0, 0.05) is 22.5 Å². The van der Waals surface area contributed by atoms with Crippen molar-refractivity contribution in [3.05, 3.63) is 48.8 Å². The van der Waals surface area contributed by atoms with E-state index in [0.717, 1.165) is 10.8 Å². The molecule has 2 aromatic rings. The Kier molecular flexibility index (Phi) is 2.68. The molecule has 1 aromatic heterocycles. The van der Waals surface area contributed by atoms with Crippen LogP contribution in [0, 0.1) is 0 Å². The fourth-order valence-corrected chi connectivity index (χ4v) is 1.45. The molecule has 3 nitrogen and oxygen atoms in total. The molecular weight excluding hydrogens is 200 g/mol. The van der Waals surface area contributed by atoms with Gasteiger partial charge in [0.15, 0.2) is 0 Å². The van der Waals surface area contributed by atoms with Crippen molar-refractivity contribution in [2.45, 2.75) is 6.92 Å². The van der Waals surface area contributed by atoms with E-state index in [-0.39, 0.29) is 5.91 Å². The summed E-state index contributed by atoms with van der Waals surface area (Å²) < 4.78 is 0. The van der Waals surface area contributed by atoms with Gasteiger partial charge >= 0.3 is 0 Å². The number of amides is 1. The Hall–Kier alpha value is -2.16. The molecule has 0 fully saturated rings. The van der Waals surface area contributed by atoms with Crippen molar-refractivity contribution in [1.82, 2.24) is 4.98 Å². The predicted molar refractivity (Wildman–Crippen MR) is 65.2 cm³/mol. The van der Waals surface area contributed by atoms with Gasteiger partial charge in [0.1, 0.15) is 0 Å². The first-order valence-electron chi connectivity index (χ1n) is 4.98. The minimum atomic E-state index is -0.182. The number of rotatable bonds is 2. The third kappa shape index (κ3) is 1.93. The normalized spacial score (nSPS) is 10.1. The van der Waals surface area contributed by atoms with Gasteiger partial charge < -0.3 is 5.32 Å². The lowest BCUT2D eigenvalue weighted by atomic mass is 10.1. The summed E-state index contributed by atoms with van der Waals surface area (Å²) >= 11 is 0. The Balaban J connectivity index is 2.45. The maximum absolute atomic E-state index is 11.5. The Morgan fingerprint density at radius 3 is 2.81 bits per heavy atom. The van der Waals surface area contributed by atoms with E-state index in [1.165, 1.54) is 0 Å². The lowest BCUT2D eigenvalue weighted by molar-refractivity contribution is -0.112. The van der Waals surface area contributed by atoms with Crippen LogP contribution in [0.4, 0.5) is 5.69 Å². The summed E-state index contributed by atoms with van der Waals surface area (Å²) in [4.78, 5) is 15.6. The number of carbonyl (C=O) groups is 1. The number of nitrogens with zero attached hydrogens (tertiary/aromatic N) is 1. The molecule has 1 N–H and O–H groups in total. The molecule has 0 saturated heterocycles. The van der Waals surface area contributed by atoms with E-state index in [1.54, 1.807) is 19.3 Å². The Bertz CT molecular complexity index is 555. The van der Waals surface area contributed by atoms with Gasteiger partial charge in [-0.15, -0.1) is 0 Å². The summed E-state index contributed by atoms with van der Waals surface area (Å²) in [5.41, 5.74) is 1.19. The van der Waals surface area contributed by atoms with Gasteiger partial charge in [-0.1, -0.05) is 30.8 Å². The van der Waals surface area contributed by atoms with Crippen molar-refractivity contribution in [3.8, 4) is 0 Å². The number of hydrogen-bond donors (Lipinski definition) is 1. The molecule has 16 heavy (non-hydrogen) atoms. The largest absolute Gasteiger partial charge is 0.320 e. The molecule has 0 aliphatic heterocycles.